The number of para-hydroxylation sites is 1. The molecule has 1 N–H and O–H groups in total. The minimum absolute atomic E-state index is 0.150. The standard InChI is InChI=1S/C31H30F3N5O2S/c1-21(2)26-6-3-4-7-27(26)38-16-5-17-42-29(38)18-28(40)35-19-22-8-10-23(11-9-22)30-36-20-39(37-30)24-12-14-25(15-13-24)41-31(32,33)34/h3-4,6-15,18,20-21H,5,16-17,19H2,1-2H3,(H,35,40). The molecule has 4 aromatic rings. The number of rotatable bonds is 8. The van der Waals surface area contributed by atoms with Crippen molar-refractivity contribution in [2.75, 3.05) is 17.2 Å². The van der Waals surface area contributed by atoms with Gasteiger partial charge in [0.15, 0.2) is 5.82 Å². The summed E-state index contributed by atoms with van der Waals surface area (Å²) in [6, 6.07) is 21.3. The molecule has 3 aromatic carbocycles. The van der Waals surface area contributed by atoms with E-state index in [4.69, 9.17) is 0 Å². The smallest absolute Gasteiger partial charge is 0.406 e. The molecule has 7 nitrogen and oxygen atoms in total. The predicted molar refractivity (Wildman–Crippen MR) is 158 cm³/mol. The topological polar surface area (TPSA) is 72.3 Å². The Morgan fingerprint density at radius 3 is 2.52 bits per heavy atom. The fraction of sp³-hybridized carbons (Fsp3) is 0.258. The lowest BCUT2D eigenvalue weighted by molar-refractivity contribution is -0.274. The number of thioether (sulfide) groups is 1. The van der Waals surface area contributed by atoms with E-state index < -0.39 is 6.36 Å². The number of benzene rings is 3. The fourth-order valence-electron chi connectivity index (χ4n) is 4.61. The summed E-state index contributed by atoms with van der Waals surface area (Å²) in [5.41, 5.74) is 4.64. The number of amides is 1. The molecule has 0 unspecified atom stereocenters. The Bertz CT molecular complexity index is 1550. The molecule has 0 spiro atoms. The van der Waals surface area contributed by atoms with Crippen LogP contribution in [-0.2, 0) is 11.3 Å². The van der Waals surface area contributed by atoms with Crippen molar-refractivity contribution in [1.29, 1.82) is 0 Å². The molecule has 0 saturated carbocycles. The Morgan fingerprint density at radius 1 is 1.07 bits per heavy atom. The number of halogens is 3. The van der Waals surface area contributed by atoms with E-state index in [9.17, 15) is 18.0 Å². The second-order valence-electron chi connectivity index (χ2n) is 10.0. The average Bonchev–Trinajstić information content (AvgIpc) is 3.47. The first-order chi connectivity index (χ1) is 20.2. The number of hydrogen-bond donors (Lipinski definition) is 1. The molecule has 11 heteroatoms. The monoisotopic (exact) mass is 593 g/mol. The Labute approximate surface area is 246 Å². The van der Waals surface area contributed by atoms with E-state index in [0.29, 0.717) is 24.0 Å². The molecule has 0 radical (unpaired) electrons. The number of alkyl halides is 3. The molecule has 1 aliphatic heterocycles. The van der Waals surface area contributed by atoms with Gasteiger partial charge >= 0.3 is 6.36 Å². The van der Waals surface area contributed by atoms with Crippen molar-refractivity contribution in [2.45, 2.75) is 39.1 Å². The van der Waals surface area contributed by atoms with Crippen LogP contribution in [0.25, 0.3) is 17.1 Å². The number of ether oxygens (including phenoxy) is 1. The van der Waals surface area contributed by atoms with Crippen LogP contribution in [-0.4, -0.2) is 39.3 Å². The van der Waals surface area contributed by atoms with Crippen molar-refractivity contribution < 1.29 is 22.7 Å². The fourth-order valence-corrected chi connectivity index (χ4v) is 5.63. The van der Waals surface area contributed by atoms with Crippen molar-refractivity contribution in [3.8, 4) is 22.8 Å². The summed E-state index contributed by atoms with van der Waals surface area (Å²) in [4.78, 5) is 19.4. The van der Waals surface area contributed by atoms with Gasteiger partial charge in [-0.25, -0.2) is 9.67 Å². The van der Waals surface area contributed by atoms with Crippen LogP contribution in [0.5, 0.6) is 5.75 Å². The largest absolute Gasteiger partial charge is 0.573 e. The van der Waals surface area contributed by atoms with E-state index in [0.717, 1.165) is 40.6 Å². The van der Waals surface area contributed by atoms with Crippen molar-refractivity contribution in [1.82, 2.24) is 20.1 Å². The van der Waals surface area contributed by atoms with Gasteiger partial charge in [-0.3, -0.25) is 4.79 Å². The number of hydrogen-bond acceptors (Lipinski definition) is 6. The van der Waals surface area contributed by atoms with Crippen molar-refractivity contribution >= 4 is 23.4 Å². The van der Waals surface area contributed by atoms with Gasteiger partial charge in [-0.05, 0) is 53.8 Å². The lowest BCUT2D eigenvalue weighted by Gasteiger charge is -2.33. The lowest BCUT2D eigenvalue weighted by atomic mass is 10.0. The van der Waals surface area contributed by atoms with Crippen LogP contribution in [0.2, 0.25) is 0 Å². The lowest BCUT2D eigenvalue weighted by Crippen LogP contribution is -2.30. The van der Waals surface area contributed by atoms with E-state index in [1.165, 1.54) is 40.8 Å². The summed E-state index contributed by atoms with van der Waals surface area (Å²) >= 11 is 1.70. The SMILES string of the molecule is CC(C)c1ccccc1N1CCCSC1=CC(=O)NCc1ccc(-c2ncn(-c3ccc(OC(F)(F)F)cc3)n2)cc1. The van der Waals surface area contributed by atoms with E-state index in [-0.39, 0.29) is 11.7 Å². The molecule has 2 heterocycles. The first-order valence-electron chi connectivity index (χ1n) is 13.5. The predicted octanol–water partition coefficient (Wildman–Crippen LogP) is 7.06. The Morgan fingerprint density at radius 2 is 1.81 bits per heavy atom. The van der Waals surface area contributed by atoms with Crippen LogP contribution < -0.4 is 15.0 Å². The van der Waals surface area contributed by atoms with Gasteiger partial charge in [0.05, 0.1) is 10.7 Å². The van der Waals surface area contributed by atoms with Gasteiger partial charge in [0.25, 0.3) is 0 Å². The number of nitrogens with zero attached hydrogens (tertiary/aromatic N) is 4. The Kier molecular flexibility index (Phi) is 8.86. The molecule has 0 atom stereocenters. The van der Waals surface area contributed by atoms with Gasteiger partial charge in [-0.1, -0.05) is 56.3 Å². The van der Waals surface area contributed by atoms with Gasteiger partial charge in [0, 0.05) is 36.2 Å². The van der Waals surface area contributed by atoms with Crippen molar-refractivity contribution in [2.24, 2.45) is 0 Å². The van der Waals surface area contributed by atoms with Crippen LogP contribution in [0.3, 0.4) is 0 Å². The van der Waals surface area contributed by atoms with E-state index in [2.05, 4.69) is 57.1 Å². The van der Waals surface area contributed by atoms with E-state index in [1.807, 2.05) is 30.3 Å². The molecule has 1 saturated heterocycles. The van der Waals surface area contributed by atoms with Crippen LogP contribution in [0.1, 0.15) is 37.3 Å². The number of nitrogens with one attached hydrogen (secondary N) is 1. The molecule has 1 amide bonds. The minimum Gasteiger partial charge on any atom is -0.406 e. The summed E-state index contributed by atoms with van der Waals surface area (Å²) in [5.74, 6) is 1.35. The first-order valence-corrected chi connectivity index (χ1v) is 14.5. The van der Waals surface area contributed by atoms with Gasteiger partial charge in [-0.15, -0.1) is 30.0 Å². The quantitative estimate of drug-likeness (QED) is 0.221. The number of carbonyl (C=O) groups excluding carboxylic acids is 1. The highest BCUT2D eigenvalue weighted by molar-refractivity contribution is 8.03. The third-order valence-corrected chi connectivity index (χ3v) is 7.78. The Hall–Kier alpha value is -4.25. The third-order valence-electron chi connectivity index (χ3n) is 6.65. The minimum atomic E-state index is -4.75. The second-order valence-corrected chi connectivity index (χ2v) is 11.1. The van der Waals surface area contributed by atoms with E-state index in [1.54, 1.807) is 17.8 Å². The summed E-state index contributed by atoms with van der Waals surface area (Å²) in [6.45, 7) is 5.60. The molecule has 218 valence electrons. The highest BCUT2D eigenvalue weighted by atomic mass is 32.2. The summed E-state index contributed by atoms with van der Waals surface area (Å²) in [6.07, 6.45) is -0.515. The maximum Gasteiger partial charge on any atom is 0.573 e. The third kappa shape index (κ3) is 7.33. The molecular weight excluding hydrogens is 563 g/mol. The summed E-state index contributed by atoms with van der Waals surface area (Å²) < 4.78 is 42.6. The Balaban J connectivity index is 1.20. The van der Waals surface area contributed by atoms with Crippen LogP contribution in [0.15, 0.2) is 90.2 Å². The van der Waals surface area contributed by atoms with Gasteiger partial charge in [0.2, 0.25) is 5.91 Å². The van der Waals surface area contributed by atoms with Crippen LogP contribution in [0.4, 0.5) is 18.9 Å². The van der Waals surface area contributed by atoms with Gasteiger partial charge < -0.3 is 15.0 Å². The zero-order valence-electron chi connectivity index (χ0n) is 23.1. The first kappa shape index (κ1) is 29.2. The summed E-state index contributed by atoms with van der Waals surface area (Å²) in [7, 11) is 0. The molecule has 5 rings (SSSR count). The van der Waals surface area contributed by atoms with Gasteiger partial charge in [-0.2, -0.15) is 0 Å². The maximum absolute atomic E-state index is 12.9. The molecule has 0 aliphatic carbocycles. The van der Waals surface area contributed by atoms with Crippen LogP contribution >= 0.6 is 11.8 Å². The van der Waals surface area contributed by atoms with Crippen molar-refractivity contribution in [3.05, 3.63) is 101 Å². The number of aromatic nitrogens is 3. The number of carbonyl (C=O) groups is 1. The number of anilines is 1. The normalized spacial score (nSPS) is 14.8. The molecule has 1 aromatic heterocycles. The van der Waals surface area contributed by atoms with E-state index >= 15 is 0 Å². The zero-order chi connectivity index (χ0) is 29.7. The molecular formula is C31H30F3N5O2S. The van der Waals surface area contributed by atoms with Gasteiger partial charge in [0.1, 0.15) is 12.1 Å². The van der Waals surface area contributed by atoms with Crippen LogP contribution in [0, 0.1) is 0 Å². The molecule has 0 bridgehead atoms. The zero-order valence-corrected chi connectivity index (χ0v) is 24.0. The van der Waals surface area contributed by atoms with Crippen molar-refractivity contribution in [3.63, 3.8) is 0 Å². The molecule has 1 fully saturated rings. The summed E-state index contributed by atoms with van der Waals surface area (Å²) in [5, 5.41) is 8.37. The highest BCUT2D eigenvalue weighted by Crippen LogP contribution is 2.36. The highest BCUT2D eigenvalue weighted by Gasteiger charge is 2.31. The molecule has 1 aliphatic rings. The average molecular weight is 594 g/mol. The second kappa shape index (κ2) is 12.7. The maximum atomic E-state index is 12.9. The molecule has 42 heavy (non-hydrogen) atoms.